The van der Waals surface area contributed by atoms with Crippen LogP contribution in [0.2, 0.25) is 5.02 Å². The summed E-state index contributed by atoms with van der Waals surface area (Å²) >= 11 is 5.91. The number of hydrogen-bond donors (Lipinski definition) is 3. The van der Waals surface area contributed by atoms with Crippen LogP contribution in [0.15, 0.2) is 24.3 Å². The van der Waals surface area contributed by atoms with Crippen LogP contribution >= 0.6 is 11.6 Å². The van der Waals surface area contributed by atoms with E-state index in [0.717, 1.165) is 0 Å². The summed E-state index contributed by atoms with van der Waals surface area (Å²) in [6.07, 6.45) is 0. The molecule has 0 aliphatic heterocycles. The van der Waals surface area contributed by atoms with Crippen LogP contribution in [-0.4, -0.2) is 5.91 Å². The Labute approximate surface area is 122 Å². The number of carbonyl (C=O) groups is 1. The van der Waals surface area contributed by atoms with Gasteiger partial charge in [-0.2, -0.15) is 0 Å². The van der Waals surface area contributed by atoms with Gasteiger partial charge < -0.3 is 16.8 Å². The Morgan fingerprint density at radius 3 is 2.29 bits per heavy atom. The molecule has 0 unspecified atom stereocenters. The first-order chi connectivity index (χ1) is 9.79. The topological polar surface area (TPSA) is 81.1 Å². The van der Waals surface area contributed by atoms with Crippen molar-refractivity contribution in [3.63, 3.8) is 0 Å². The predicted octanol–water partition coefficient (Wildman–Crippen LogP) is 3.18. The lowest BCUT2D eigenvalue weighted by atomic mass is 10.1. The van der Waals surface area contributed by atoms with E-state index in [9.17, 15) is 18.0 Å². The molecule has 8 heteroatoms. The van der Waals surface area contributed by atoms with Crippen molar-refractivity contribution >= 4 is 34.6 Å². The zero-order valence-electron chi connectivity index (χ0n) is 10.4. The van der Waals surface area contributed by atoms with Gasteiger partial charge in [0.1, 0.15) is 5.82 Å². The van der Waals surface area contributed by atoms with Gasteiger partial charge in [-0.15, -0.1) is 0 Å². The van der Waals surface area contributed by atoms with E-state index >= 15 is 0 Å². The fraction of sp³-hybridized carbons (Fsp3) is 0. The van der Waals surface area contributed by atoms with E-state index in [1.807, 2.05) is 0 Å². The highest BCUT2D eigenvalue weighted by Gasteiger charge is 2.16. The van der Waals surface area contributed by atoms with Crippen molar-refractivity contribution in [3.8, 4) is 0 Å². The number of hydrogen-bond acceptors (Lipinski definition) is 3. The van der Waals surface area contributed by atoms with Crippen LogP contribution in [0.25, 0.3) is 0 Å². The molecule has 0 heterocycles. The average molecular weight is 316 g/mol. The Bertz CT molecular complexity index is 737. The summed E-state index contributed by atoms with van der Waals surface area (Å²) in [5.74, 6) is -4.52. The molecule has 0 spiro atoms. The number of nitrogen functional groups attached to an aromatic ring is 1. The molecule has 2 aromatic carbocycles. The maximum atomic E-state index is 13.6. The van der Waals surface area contributed by atoms with E-state index in [1.165, 1.54) is 12.1 Å². The highest BCUT2D eigenvalue weighted by Crippen LogP contribution is 2.33. The molecule has 0 saturated heterocycles. The predicted molar refractivity (Wildman–Crippen MR) is 74.0 cm³/mol. The first kappa shape index (κ1) is 15.0. The summed E-state index contributed by atoms with van der Waals surface area (Å²) in [7, 11) is 0. The fourth-order valence-corrected chi connectivity index (χ4v) is 1.98. The molecule has 0 fully saturated rings. The second-order valence-corrected chi connectivity index (χ2v) is 4.57. The number of benzene rings is 2. The molecule has 1 amide bonds. The van der Waals surface area contributed by atoms with Crippen LogP contribution in [0.3, 0.4) is 0 Å². The second-order valence-electron chi connectivity index (χ2n) is 4.16. The SMILES string of the molecule is NC(=O)c1cc(N)cc(Cl)c1Nc1cc(F)c(F)cc1F. The lowest BCUT2D eigenvalue weighted by Gasteiger charge is -2.14. The van der Waals surface area contributed by atoms with E-state index in [1.54, 1.807) is 0 Å². The van der Waals surface area contributed by atoms with Crippen molar-refractivity contribution in [2.45, 2.75) is 0 Å². The molecule has 110 valence electrons. The minimum atomic E-state index is -1.34. The van der Waals surface area contributed by atoms with Gasteiger partial charge in [0.05, 0.1) is 22.0 Å². The van der Waals surface area contributed by atoms with Gasteiger partial charge >= 0.3 is 0 Å². The standard InChI is InChI=1S/C13H9ClF3N3O/c14-7-2-5(18)1-6(13(19)21)12(7)20-11-4-9(16)8(15)3-10(11)17/h1-4,20H,18H2,(H2,19,21). The number of nitrogens with one attached hydrogen (secondary N) is 1. The second kappa shape index (κ2) is 5.53. The molecule has 0 radical (unpaired) electrons. The Balaban J connectivity index is 2.54. The van der Waals surface area contributed by atoms with E-state index in [0.29, 0.717) is 12.1 Å². The van der Waals surface area contributed by atoms with E-state index in [-0.39, 0.29) is 22.0 Å². The minimum Gasteiger partial charge on any atom is -0.399 e. The fourth-order valence-electron chi connectivity index (χ4n) is 1.70. The van der Waals surface area contributed by atoms with Crippen molar-refractivity contribution in [2.75, 3.05) is 11.1 Å². The molecule has 0 saturated carbocycles. The molecule has 2 aromatic rings. The van der Waals surface area contributed by atoms with Crippen LogP contribution in [-0.2, 0) is 0 Å². The van der Waals surface area contributed by atoms with Crippen LogP contribution in [0, 0.1) is 17.5 Å². The van der Waals surface area contributed by atoms with E-state index in [2.05, 4.69) is 5.32 Å². The van der Waals surface area contributed by atoms with Crippen LogP contribution in [0.4, 0.5) is 30.2 Å². The van der Waals surface area contributed by atoms with Crippen molar-refractivity contribution in [3.05, 3.63) is 52.3 Å². The maximum Gasteiger partial charge on any atom is 0.250 e. The zero-order valence-corrected chi connectivity index (χ0v) is 11.1. The number of primary amides is 1. The normalized spacial score (nSPS) is 10.5. The molecular formula is C13H9ClF3N3O. The van der Waals surface area contributed by atoms with Gasteiger partial charge in [-0.05, 0) is 12.1 Å². The number of amides is 1. The number of anilines is 3. The Hall–Kier alpha value is -2.41. The largest absolute Gasteiger partial charge is 0.399 e. The molecule has 0 aliphatic rings. The van der Waals surface area contributed by atoms with Gasteiger partial charge in [-0.3, -0.25) is 4.79 Å². The molecule has 0 atom stereocenters. The smallest absolute Gasteiger partial charge is 0.250 e. The van der Waals surface area contributed by atoms with E-state index < -0.39 is 29.0 Å². The lowest BCUT2D eigenvalue weighted by Crippen LogP contribution is -2.14. The third-order valence-electron chi connectivity index (χ3n) is 2.65. The van der Waals surface area contributed by atoms with Crippen LogP contribution in [0.5, 0.6) is 0 Å². The summed E-state index contributed by atoms with van der Waals surface area (Å²) in [6.45, 7) is 0. The number of carbonyl (C=O) groups excluding carboxylic acids is 1. The minimum absolute atomic E-state index is 0.0204. The third kappa shape index (κ3) is 3.03. The molecule has 4 nitrogen and oxygen atoms in total. The van der Waals surface area contributed by atoms with Gasteiger partial charge in [0.2, 0.25) is 0 Å². The average Bonchev–Trinajstić information content (AvgIpc) is 2.38. The van der Waals surface area contributed by atoms with Gasteiger partial charge in [-0.1, -0.05) is 11.6 Å². The number of nitrogens with two attached hydrogens (primary N) is 2. The van der Waals surface area contributed by atoms with Crippen LogP contribution < -0.4 is 16.8 Å². The summed E-state index contributed by atoms with van der Waals surface area (Å²) in [5.41, 5.74) is 10.3. The van der Waals surface area contributed by atoms with Gasteiger partial charge in [0, 0.05) is 17.8 Å². The molecular weight excluding hydrogens is 307 g/mol. The summed E-state index contributed by atoms with van der Waals surface area (Å²) in [6, 6.07) is 3.50. The molecule has 0 bridgehead atoms. The molecule has 5 N–H and O–H groups in total. The van der Waals surface area contributed by atoms with E-state index in [4.69, 9.17) is 23.1 Å². The van der Waals surface area contributed by atoms with Crippen molar-refractivity contribution < 1.29 is 18.0 Å². The van der Waals surface area contributed by atoms with Crippen molar-refractivity contribution in [1.29, 1.82) is 0 Å². The zero-order chi connectivity index (χ0) is 15.7. The summed E-state index contributed by atoms with van der Waals surface area (Å²) in [5, 5.41) is 2.40. The Morgan fingerprint density at radius 1 is 1.05 bits per heavy atom. The first-order valence-corrected chi connectivity index (χ1v) is 5.97. The quantitative estimate of drug-likeness (QED) is 0.601. The lowest BCUT2D eigenvalue weighted by molar-refractivity contribution is 0.100. The molecule has 2 rings (SSSR count). The summed E-state index contributed by atoms with van der Waals surface area (Å²) in [4.78, 5) is 11.4. The maximum absolute atomic E-state index is 13.6. The number of rotatable bonds is 3. The Morgan fingerprint density at radius 2 is 1.67 bits per heavy atom. The highest BCUT2D eigenvalue weighted by atomic mass is 35.5. The molecule has 0 aromatic heterocycles. The Kier molecular flexibility index (Phi) is 3.95. The first-order valence-electron chi connectivity index (χ1n) is 5.60. The molecule has 21 heavy (non-hydrogen) atoms. The van der Waals surface area contributed by atoms with Gasteiger partial charge in [0.15, 0.2) is 11.6 Å². The summed E-state index contributed by atoms with van der Waals surface area (Å²) < 4.78 is 39.6. The van der Waals surface area contributed by atoms with Gasteiger partial charge in [-0.25, -0.2) is 13.2 Å². The number of halogens is 4. The molecule has 0 aliphatic carbocycles. The highest BCUT2D eigenvalue weighted by molar-refractivity contribution is 6.34. The monoisotopic (exact) mass is 315 g/mol. The van der Waals surface area contributed by atoms with Gasteiger partial charge in [0.25, 0.3) is 5.91 Å². The van der Waals surface area contributed by atoms with Crippen LogP contribution in [0.1, 0.15) is 10.4 Å². The van der Waals surface area contributed by atoms with Crippen molar-refractivity contribution in [2.24, 2.45) is 5.73 Å². The third-order valence-corrected chi connectivity index (χ3v) is 2.95. The van der Waals surface area contributed by atoms with Crippen molar-refractivity contribution in [1.82, 2.24) is 0 Å².